The Labute approximate surface area is 271 Å². The molecule has 1 spiro atoms. The van der Waals surface area contributed by atoms with Gasteiger partial charge in [0, 0.05) is 47.2 Å². The first-order valence-electron chi connectivity index (χ1n) is 15.2. The summed E-state index contributed by atoms with van der Waals surface area (Å²) in [7, 11) is 0. The average molecular weight is 650 g/mol. The fraction of sp³-hybridized carbons (Fsp3) is 0.400. The van der Waals surface area contributed by atoms with Gasteiger partial charge in [-0.1, -0.05) is 62.7 Å². The van der Waals surface area contributed by atoms with Crippen LogP contribution in [-0.2, 0) is 16.9 Å². The summed E-state index contributed by atoms with van der Waals surface area (Å²) in [5, 5.41) is 13.7. The van der Waals surface area contributed by atoms with E-state index in [-0.39, 0.29) is 41.8 Å². The molecule has 0 radical (unpaired) electrons. The van der Waals surface area contributed by atoms with Crippen molar-refractivity contribution >= 4 is 51.8 Å². The molecule has 3 aromatic carbocycles. The summed E-state index contributed by atoms with van der Waals surface area (Å²) < 4.78 is 18.4. The van der Waals surface area contributed by atoms with E-state index in [4.69, 9.17) is 28.2 Å². The van der Waals surface area contributed by atoms with Crippen molar-refractivity contribution in [3.63, 3.8) is 0 Å². The number of aryl methyl sites for hydroxylation is 1. The first-order chi connectivity index (χ1) is 21.1. The first kappa shape index (κ1) is 30.2. The van der Waals surface area contributed by atoms with Crippen molar-refractivity contribution in [3.05, 3.63) is 92.5 Å². The van der Waals surface area contributed by atoms with Crippen LogP contribution in [0.1, 0.15) is 91.2 Å². The number of carbonyl (C=O) groups is 2. The molecule has 1 aromatic heterocycles. The molecule has 10 heteroatoms. The number of anilines is 1. The van der Waals surface area contributed by atoms with Crippen molar-refractivity contribution in [2.24, 2.45) is 5.92 Å². The fourth-order valence-corrected chi connectivity index (χ4v) is 8.67. The van der Waals surface area contributed by atoms with Crippen LogP contribution in [0.4, 0.5) is 10.1 Å². The molecule has 1 amide bonds. The Morgan fingerprint density at radius 1 is 1.16 bits per heavy atom. The second kappa shape index (κ2) is 10.5. The van der Waals surface area contributed by atoms with Crippen molar-refractivity contribution in [3.8, 4) is 0 Å². The molecule has 234 valence electrons. The van der Waals surface area contributed by atoms with E-state index in [0.717, 1.165) is 41.7 Å². The number of halogens is 3. The van der Waals surface area contributed by atoms with Gasteiger partial charge in [0.1, 0.15) is 17.2 Å². The van der Waals surface area contributed by atoms with Gasteiger partial charge in [-0.15, -0.1) is 0 Å². The monoisotopic (exact) mass is 648 g/mol. The summed E-state index contributed by atoms with van der Waals surface area (Å²) in [6, 6.07) is 14.0. The third-order valence-corrected chi connectivity index (χ3v) is 10.8. The van der Waals surface area contributed by atoms with E-state index in [2.05, 4.69) is 14.8 Å². The molecule has 7 nitrogen and oxygen atoms in total. The van der Waals surface area contributed by atoms with Crippen molar-refractivity contribution in [1.82, 2.24) is 14.5 Å². The van der Waals surface area contributed by atoms with Gasteiger partial charge in [-0.05, 0) is 72.6 Å². The number of rotatable bonds is 5. The third kappa shape index (κ3) is 4.21. The minimum absolute atomic E-state index is 0. The molecule has 45 heavy (non-hydrogen) atoms. The standard InChI is InChI=1S/C34H31Cl2FN4O3.CH4/c1-16(2)20-14-27-25(13-21(20)32(42)43)38-31-28-26(10-11-40(27)31)41(15-17-6-7-17)34(29(28)19-4-3-5-23(36)30(19)37)22-9-8-18(35)12-24(22)39-33(34)44;/h3-5,8-9,12-14,16-17,26,28-29H,6-7,10-11,15H2,1-2H3,(H,39,44)(H,42,43);1H4/t26-,28+,29-,34+;/m0./s1. The molecule has 0 bridgehead atoms. The fourth-order valence-electron chi connectivity index (χ4n) is 8.32. The molecule has 8 rings (SSSR count). The normalized spacial score (nSPS) is 25.3. The highest BCUT2D eigenvalue weighted by atomic mass is 35.5. The number of benzene rings is 3. The molecular formula is C35H35Cl2FN4O3. The number of nitrogens with zero attached hydrogens (tertiary/aromatic N) is 3. The summed E-state index contributed by atoms with van der Waals surface area (Å²) in [6.45, 7) is 5.31. The lowest BCUT2D eigenvalue weighted by Gasteiger charge is -2.40. The smallest absolute Gasteiger partial charge is 0.336 e. The zero-order valence-corrected chi connectivity index (χ0v) is 25.8. The van der Waals surface area contributed by atoms with E-state index in [1.54, 1.807) is 30.3 Å². The minimum atomic E-state index is -1.22. The van der Waals surface area contributed by atoms with Crippen LogP contribution in [0.15, 0.2) is 48.5 Å². The zero-order valence-electron chi connectivity index (χ0n) is 24.3. The number of nitrogens with one attached hydrogen (secondary N) is 1. The predicted octanol–water partition coefficient (Wildman–Crippen LogP) is 8.15. The Morgan fingerprint density at radius 3 is 2.64 bits per heavy atom. The maximum atomic E-state index is 16.3. The summed E-state index contributed by atoms with van der Waals surface area (Å²) in [6.07, 6.45) is 2.90. The number of aromatic carboxylic acids is 1. The van der Waals surface area contributed by atoms with Gasteiger partial charge >= 0.3 is 5.97 Å². The number of carbonyl (C=O) groups excluding carboxylic acids is 1. The number of amides is 1. The second-order valence-corrected chi connectivity index (χ2v) is 13.9. The van der Waals surface area contributed by atoms with Crippen LogP contribution in [0.25, 0.3) is 11.0 Å². The average Bonchev–Trinajstić information content (AvgIpc) is 3.58. The molecule has 1 saturated carbocycles. The highest BCUT2D eigenvalue weighted by Crippen LogP contribution is 2.64. The highest BCUT2D eigenvalue weighted by Gasteiger charge is 2.69. The van der Waals surface area contributed by atoms with Crippen LogP contribution in [0.2, 0.25) is 10.0 Å². The zero-order chi connectivity index (χ0) is 30.7. The Hall–Kier alpha value is -3.46. The Bertz CT molecular complexity index is 1900. The molecule has 2 fully saturated rings. The van der Waals surface area contributed by atoms with Crippen LogP contribution >= 0.6 is 23.2 Å². The summed E-state index contributed by atoms with van der Waals surface area (Å²) in [4.78, 5) is 34.3. The molecule has 0 unspecified atom stereocenters. The number of hydrogen-bond acceptors (Lipinski definition) is 4. The van der Waals surface area contributed by atoms with Crippen LogP contribution in [0.5, 0.6) is 0 Å². The van der Waals surface area contributed by atoms with E-state index in [9.17, 15) is 14.7 Å². The lowest BCUT2D eigenvalue weighted by Crippen LogP contribution is -2.53. The number of fused-ring (bicyclic) bond motifs is 7. The largest absolute Gasteiger partial charge is 0.478 e. The van der Waals surface area contributed by atoms with Crippen LogP contribution < -0.4 is 5.32 Å². The summed E-state index contributed by atoms with van der Waals surface area (Å²) in [5.41, 5.74) is 2.99. The molecule has 2 N–H and O–H groups in total. The highest BCUT2D eigenvalue weighted by molar-refractivity contribution is 6.31. The van der Waals surface area contributed by atoms with Crippen LogP contribution in [0, 0.1) is 11.7 Å². The van der Waals surface area contributed by atoms with E-state index in [0.29, 0.717) is 40.8 Å². The molecule has 1 aliphatic carbocycles. The van der Waals surface area contributed by atoms with Crippen LogP contribution in [0.3, 0.4) is 0 Å². The number of hydrogen-bond donors (Lipinski definition) is 2. The molecule has 4 atom stereocenters. The van der Waals surface area contributed by atoms with E-state index in [1.807, 2.05) is 26.0 Å². The number of aromatic nitrogens is 2. The van der Waals surface area contributed by atoms with Crippen molar-refractivity contribution in [1.29, 1.82) is 0 Å². The maximum Gasteiger partial charge on any atom is 0.336 e. The molecule has 1 saturated heterocycles. The van der Waals surface area contributed by atoms with Gasteiger partial charge in [0.15, 0.2) is 0 Å². The maximum absolute atomic E-state index is 16.3. The SMILES string of the molecule is C.CC(C)c1cc2c(cc1C(=O)O)nc1n2CC[C@H]2[C@@H]1[C@H](c1cccc(Cl)c1F)[C@]1(C(=O)Nc3cc(Cl)ccc31)N2CC1CC1. The number of imidazole rings is 1. The third-order valence-electron chi connectivity index (χ3n) is 10.3. The van der Waals surface area contributed by atoms with Gasteiger partial charge in [0.2, 0.25) is 5.91 Å². The molecule has 4 heterocycles. The Kier molecular flexibility index (Phi) is 7.08. The second-order valence-electron chi connectivity index (χ2n) is 13.0. The number of carboxylic acids is 1. The van der Waals surface area contributed by atoms with Gasteiger partial charge in [-0.2, -0.15) is 0 Å². The van der Waals surface area contributed by atoms with Gasteiger partial charge in [0.25, 0.3) is 0 Å². The van der Waals surface area contributed by atoms with Crippen molar-refractivity contribution < 1.29 is 19.1 Å². The van der Waals surface area contributed by atoms with Gasteiger partial charge in [-0.25, -0.2) is 14.2 Å². The molecule has 3 aliphatic heterocycles. The van der Waals surface area contributed by atoms with Gasteiger partial charge in [-0.3, -0.25) is 9.69 Å². The number of likely N-dealkylation sites (tertiary alicyclic amines) is 1. The van der Waals surface area contributed by atoms with E-state index < -0.39 is 23.2 Å². The molecule has 4 aliphatic rings. The van der Waals surface area contributed by atoms with E-state index >= 15 is 4.39 Å². The Balaban J connectivity index is 0.00000325. The number of carboxylic acid groups (broad SMARTS) is 1. The van der Waals surface area contributed by atoms with E-state index in [1.165, 1.54) is 6.07 Å². The van der Waals surface area contributed by atoms with Crippen LogP contribution in [-0.4, -0.2) is 44.0 Å². The lowest BCUT2D eigenvalue weighted by molar-refractivity contribution is -0.128. The topological polar surface area (TPSA) is 87.5 Å². The molecular weight excluding hydrogens is 614 g/mol. The first-order valence-corrected chi connectivity index (χ1v) is 16.0. The summed E-state index contributed by atoms with van der Waals surface area (Å²) in [5.74, 6) is -1.57. The van der Waals surface area contributed by atoms with Gasteiger partial charge < -0.3 is 15.0 Å². The predicted molar refractivity (Wildman–Crippen MR) is 174 cm³/mol. The minimum Gasteiger partial charge on any atom is -0.478 e. The summed E-state index contributed by atoms with van der Waals surface area (Å²) >= 11 is 12.8. The quantitative estimate of drug-likeness (QED) is 0.228. The Morgan fingerprint density at radius 2 is 1.93 bits per heavy atom. The van der Waals surface area contributed by atoms with Crippen molar-refractivity contribution in [2.75, 3.05) is 11.9 Å². The molecule has 4 aromatic rings. The lowest BCUT2D eigenvalue weighted by atomic mass is 9.70. The van der Waals surface area contributed by atoms with Crippen molar-refractivity contribution in [2.45, 2.75) is 76.4 Å². The van der Waals surface area contributed by atoms with Gasteiger partial charge in [0.05, 0.1) is 21.6 Å².